The summed E-state index contributed by atoms with van der Waals surface area (Å²) in [5.74, 6) is -0.418. The molecule has 0 aliphatic rings. The molecule has 0 heterocycles. The van der Waals surface area contributed by atoms with Crippen LogP contribution in [0.2, 0.25) is 0 Å². The Morgan fingerprint density at radius 1 is 1.62 bits per heavy atom. The minimum absolute atomic E-state index is 0.418. The fraction of sp³-hybridized carbons (Fsp3) is 0.556. The number of esters is 1. The lowest BCUT2D eigenvalue weighted by molar-refractivity contribution is -0.134. The molecule has 0 aromatic rings. The number of rotatable bonds is 4. The van der Waals surface area contributed by atoms with Gasteiger partial charge in [0.2, 0.25) is 0 Å². The summed E-state index contributed by atoms with van der Waals surface area (Å²) in [5, 5.41) is 0. The molecule has 0 unspecified atom stereocenters. The highest BCUT2D eigenvalue weighted by Crippen LogP contribution is 1.92. The summed E-state index contributed by atoms with van der Waals surface area (Å²) < 4.78 is 4.41. The molecule has 4 nitrogen and oxygen atoms in total. The summed E-state index contributed by atoms with van der Waals surface area (Å²) in [6, 6.07) is 2.49. The van der Waals surface area contributed by atoms with Crippen molar-refractivity contribution in [1.82, 2.24) is 0 Å². The summed E-state index contributed by atoms with van der Waals surface area (Å²) in [6.45, 7) is 4.41. The molecule has 4 heteroatoms. The maximum absolute atomic E-state index is 10.7. The fourth-order valence-corrected chi connectivity index (χ4v) is 0.538. The van der Waals surface area contributed by atoms with Gasteiger partial charge >= 0.3 is 5.97 Å². The van der Waals surface area contributed by atoms with Crippen LogP contribution in [-0.2, 0) is 9.53 Å². The second-order valence-electron chi connectivity index (χ2n) is 2.40. The second kappa shape index (κ2) is 7.25. The maximum atomic E-state index is 10.7. The quantitative estimate of drug-likeness (QED) is 0.377. The van der Waals surface area contributed by atoms with Crippen molar-refractivity contribution >= 4 is 12.0 Å². The highest BCUT2D eigenvalue weighted by atomic mass is 16.5. The van der Waals surface area contributed by atoms with E-state index in [0.717, 1.165) is 6.42 Å². The van der Waals surface area contributed by atoms with Crippen LogP contribution >= 0.6 is 0 Å². The molecule has 0 aliphatic heterocycles. The number of hydrogen-bond donors (Lipinski definition) is 0. The van der Waals surface area contributed by atoms with Gasteiger partial charge in [-0.2, -0.15) is 4.99 Å². The number of aliphatic imine (C=N–C) groups is 2. The maximum Gasteiger partial charge on any atom is 0.332 e. The largest absolute Gasteiger partial charge is 0.466 e. The van der Waals surface area contributed by atoms with Crippen molar-refractivity contribution in [2.75, 3.05) is 13.7 Å². The van der Waals surface area contributed by atoms with E-state index in [1.54, 1.807) is 6.92 Å². The molecule has 0 amide bonds. The minimum atomic E-state index is -0.418. The third-order valence-corrected chi connectivity index (χ3v) is 1.16. The molecular weight excluding hydrogens is 168 g/mol. The predicted octanol–water partition coefficient (Wildman–Crippen LogP) is 1.65. The average molecular weight is 182 g/mol. The number of methoxy groups -OCH3 is 1. The highest BCUT2D eigenvalue weighted by molar-refractivity contribution is 5.82. The summed E-state index contributed by atoms with van der Waals surface area (Å²) in [7, 11) is 1.32. The van der Waals surface area contributed by atoms with Gasteiger partial charge in [0.1, 0.15) is 0 Å². The topological polar surface area (TPSA) is 51.0 Å². The zero-order valence-electron chi connectivity index (χ0n) is 8.20. The van der Waals surface area contributed by atoms with Gasteiger partial charge in [0.15, 0.2) is 0 Å². The van der Waals surface area contributed by atoms with Crippen molar-refractivity contribution < 1.29 is 9.53 Å². The number of carbonyl (C=O) groups is 1. The Balaban J connectivity index is 4.12. The van der Waals surface area contributed by atoms with E-state index >= 15 is 0 Å². The average Bonchev–Trinajstić information content (AvgIpc) is 2.12. The molecular formula is C9H14N2O2. The molecule has 0 N–H and O–H groups in total. The third kappa shape index (κ3) is 6.97. The van der Waals surface area contributed by atoms with Gasteiger partial charge in [0.05, 0.1) is 18.8 Å². The summed E-state index contributed by atoms with van der Waals surface area (Å²) in [6.07, 6.45) is 2.25. The molecule has 0 bridgehead atoms. The molecule has 72 valence electrons. The Hall–Kier alpha value is -1.41. The number of ether oxygens (including phenoxy) is 1. The van der Waals surface area contributed by atoms with Crippen LogP contribution in [0.15, 0.2) is 21.8 Å². The van der Waals surface area contributed by atoms with Crippen molar-refractivity contribution in [1.29, 1.82) is 0 Å². The van der Waals surface area contributed by atoms with E-state index in [1.807, 2.05) is 6.92 Å². The number of allylic oxidation sites excluding steroid dienone is 1. The Bertz CT molecular complexity index is 250. The third-order valence-electron chi connectivity index (χ3n) is 1.16. The highest BCUT2D eigenvalue weighted by Gasteiger charge is 1.92. The van der Waals surface area contributed by atoms with Gasteiger partial charge < -0.3 is 4.74 Å². The smallest absolute Gasteiger partial charge is 0.332 e. The number of carbonyl (C=O) groups excluding carboxylic acids is 1. The van der Waals surface area contributed by atoms with Gasteiger partial charge in [-0.15, -0.1) is 0 Å². The summed E-state index contributed by atoms with van der Waals surface area (Å²) in [5.41, 5.74) is 0.534. The number of nitrogens with zero attached hydrogens (tertiary/aromatic N) is 2. The van der Waals surface area contributed by atoms with Gasteiger partial charge in [-0.05, 0) is 13.3 Å². The monoisotopic (exact) mass is 182 g/mol. The Labute approximate surface area is 78.0 Å². The molecule has 0 rings (SSSR count). The normalized spacial score (nSPS) is 10.2. The first-order chi connectivity index (χ1) is 6.20. The van der Waals surface area contributed by atoms with Crippen LogP contribution in [0.5, 0.6) is 0 Å². The lowest BCUT2D eigenvalue weighted by Gasteiger charge is -1.89. The molecule has 0 aromatic heterocycles. The van der Waals surface area contributed by atoms with Crippen molar-refractivity contribution in [3.05, 3.63) is 11.8 Å². The second-order valence-corrected chi connectivity index (χ2v) is 2.40. The van der Waals surface area contributed by atoms with Gasteiger partial charge in [-0.25, -0.2) is 9.79 Å². The lowest BCUT2D eigenvalue weighted by atomic mass is 10.4. The molecule has 0 radical (unpaired) electrons. The van der Waals surface area contributed by atoms with E-state index in [2.05, 4.69) is 20.7 Å². The van der Waals surface area contributed by atoms with Crippen LogP contribution in [0, 0.1) is 0 Å². The van der Waals surface area contributed by atoms with Gasteiger partial charge in [-0.1, -0.05) is 6.92 Å². The fourth-order valence-electron chi connectivity index (χ4n) is 0.538. The first-order valence-electron chi connectivity index (χ1n) is 4.09. The van der Waals surface area contributed by atoms with Gasteiger partial charge in [0, 0.05) is 12.6 Å². The predicted molar refractivity (Wildman–Crippen MR) is 50.8 cm³/mol. The molecule has 0 aromatic carbocycles. The van der Waals surface area contributed by atoms with E-state index < -0.39 is 5.97 Å². The molecule has 13 heavy (non-hydrogen) atoms. The van der Waals surface area contributed by atoms with E-state index in [1.165, 1.54) is 13.2 Å². The Morgan fingerprint density at radius 2 is 2.31 bits per heavy atom. The molecule has 0 fully saturated rings. The van der Waals surface area contributed by atoms with Crippen LogP contribution in [0.25, 0.3) is 0 Å². The molecule has 0 aliphatic carbocycles. The zero-order valence-corrected chi connectivity index (χ0v) is 8.20. The van der Waals surface area contributed by atoms with Gasteiger partial charge in [0.25, 0.3) is 0 Å². The van der Waals surface area contributed by atoms with Crippen LogP contribution in [0.1, 0.15) is 20.3 Å². The number of hydrogen-bond acceptors (Lipinski definition) is 4. The van der Waals surface area contributed by atoms with Gasteiger partial charge in [-0.3, -0.25) is 0 Å². The van der Waals surface area contributed by atoms with Crippen molar-refractivity contribution in [2.45, 2.75) is 20.3 Å². The van der Waals surface area contributed by atoms with Crippen LogP contribution in [-0.4, -0.2) is 25.6 Å². The zero-order chi connectivity index (χ0) is 10.1. The lowest BCUT2D eigenvalue weighted by Crippen LogP contribution is -1.94. The van der Waals surface area contributed by atoms with E-state index in [0.29, 0.717) is 12.2 Å². The standard InChI is InChI=1S/C9H14N2O2/c1-4-5-10-7-11-8(2)6-9(12)13-3/h6H,4-5H2,1-3H3/b8-6+. The van der Waals surface area contributed by atoms with E-state index in [9.17, 15) is 4.79 Å². The Kier molecular flexibility index (Phi) is 6.46. The Morgan fingerprint density at radius 3 is 2.85 bits per heavy atom. The molecule has 0 saturated carbocycles. The van der Waals surface area contributed by atoms with Crippen molar-refractivity contribution in [3.8, 4) is 0 Å². The summed E-state index contributed by atoms with van der Waals surface area (Å²) >= 11 is 0. The van der Waals surface area contributed by atoms with Crippen LogP contribution < -0.4 is 0 Å². The van der Waals surface area contributed by atoms with Crippen LogP contribution in [0.3, 0.4) is 0 Å². The van der Waals surface area contributed by atoms with Crippen molar-refractivity contribution in [3.63, 3.8) is 0 Å². The first kappa shape index (κ1) is 11.6. The molecule has 0 saturated heterocycles. The summed E-state index contributed by atoms with van der Waals surface area (Å²) in [4.78, 5) is 18.3. The molecule has 0 atom stereocenters. The van der Waals surface area contributed by atoms with E-state index in [-0.39, 0.29) is 0 Å². The van der Waals surface area contributed by atoms with Crippen molar-refractivity contribution in [2.24, 2.45) is 9.98 Å². The van der Waals surface area contributed by atoms with E-state index in [4.69, 9.17) is 0 Å². The van der Waals surface area contributed by atoms with Crippen LogP contribution in [0.4, 0.5) is 0 Å². The first-order valence-corrected chi connectivity index (χ1v) is 4.09. The minimum Gasteiger partial charge on any atom is -0.466 e. The molecule has 0 spiro atoms. The SMILES string of the molecule is CCCN=C=N/C(C)=C/C(=O)OC.